The fraction of sp³-hybridized carbons (Fsp3) is 0.333. The molecule has 0 aliphatic carbocycles. The normalized spacial score (nSPS) is 10.9. The molecule has 2 aromatic heterocycles. The molecule has 0 saturated carbocycles. The molecule has 2 heterocycles. The second-order valence-electron chi connectivity index (χ2n) is 5.24. The van der Waals surface area contributed by atoms with E-state index >= 15 is 0 Å². The Labute approximate surface area is 145 Å². The zero-order valence-corrected chi connectivity index (χ0v) is 14.7. The minimum absolute atomic E-state index is 0.714. The number of pyridine rings is 1. The number of rotatable bonds is 8. The summed E-state index contributed by atoms with van der Waals surface area (Å²) in [7, 11) is 1.66. The number of nitrogens with one attached hydrogen (secondary N) is 1. The summed E-state index contributed by atoms with van der Waals surface area (Å²) in [4.78, 5) is 12.0. The Morgan fingerprint density at radius 1 is 1.25 bits per heavy atom. The minimum atomic E-state index is 0.714. The maximum atomic E-state index is 5.81. The lowest BCUT2D eigenvalue weighted by atomic mass is 10.2. The summed E-state index contributed by atoms with van der Waals surface area (Å²) in [6.07, 6.45) is 4.53. The summed E-state index contributed by atoms with van der Waals surface area (Å²) in [5.41, 5.74) is 2.70. The molecule has 24 heavy (non-hydrogen) atoms. The number of benzene rings is 1. The van der Waals surface area contributed by atoms with Crippen LogP contribution in [0.15, 0.2) is 36.7 Å². The Balaban J connectivity index is 1.76. The Kier molecular flexibility index (Phi) is 5.59. The first-order chi connectivity index (χ1) is 11.8. The number of methoxy groups -OCH3 is 1. The maximum Gasteiger partial charge on any atom is 0.142 e. The van der Waals surface area contributed by atoms with Gasteiger partial charge in [0.1, 0.15) is 22.8 Å². The zero-order valence-electron chi connectivity index (χ0n) is 13.9. The molecule has 3 rings (SSSR count). The lowest BCUT2D eigenvalue weighted by Gasteiger charge is -2.10. The smallest absolute Gasteiger partial charge is 0.142 e. The number of ether oxygens (including phenoxy) is 2. The Morgan fingerprint density at radius 2 is 2.17 bits per heavy atom. The van der Waals surface area contributed by atoms with Crippen molar-refractivity contribution >= 4 is 22.8 Å². The summed E-state index contributed by atoms with van der Waals surface area (Å²) < 4.78 is 11.3. The number of H-pyrrole nitrogens is 1. The molecule has 0 bridgehead atoms. The molecular formula is C18H21N3O2S. The molecule has 1 aromatic carbocycles. The molecule has 1 N–H and O–H groups in total. The molecular weight excluding hydrogens is 322 g/mol. The van der Waals surface area contributed by atoms with Crippen molar-refractivity contribution in [1.82, 2.24) is 15.0 Å². The van der Waals surface area contributed by atoms with E-state index in [9.17, 15) is 0 Å². The average molecular weight is 343 g/mol. The van der Waals surface area contributed by atoms with E-state index in [1.807, 2.05) is 36.0 Å². The van der Waals surface area contributed by atoms with Gasteiger partial charge in [-0.3, -0.25) is 4.98 Å². The molecule has 0 radical (unpaired) electrons. The molecule has 0 amide bonds. The average Bonchev–Trinajstić information content (AvgIpc) is 3.05. The fourth-order valence-corrected chi connectivity index (χ4v) is 3.05. The number of aromatic nitrogens is 3. The van der Waals surface area contributed by atoms with Gasteiger partial charge < -0.3 is 14.5 Å². The molecule has 0 fully saturated rings. The van der Waals surface area contributed by atoms with Crippen LogP contribution in [0, 0.1) is 0 Å². The number of nitrogens with zero attached hydrogens (tertiary/aromatic N) is 2. The first kappa shape index (κ1) is 16.6. The van der Waals surface area contributed by atoms with E-state index in [-0.39, 0.29) is 0 Å². The lowest BCUT2D eigenvalue weighted by Crippen LogP contribution is -1.99. The quantitative estimate of drug-likeness (QED) is 0.623. The van der Waals surface area contributed by atoms with Gasteiger partial charge in [-0.2, -0.15) is 11.8 Å². The molecule has 126 valence electrons. The number of aromatic amines is 1. The molecule has 0 atom stereocenters. The largest absolute Gasteiger partial charge is 0.496 e. The molecule has 0 unspecified atom stereocenters. The van der Waals surface area contributed by atoms with Gasteiger partial charge >= 0.3 is 0 Å². The van der Waals surface area contributed by atoms with Gasteiger partial charge in [0.2, 0.25) is 0 Å². The molecule has 0 aliphatic rings. The van der Waals surface area contributed by atoms with Crippen LogP contribution in [0.25, 0.3) is 22.4 Å². The molecule has 6 heteroatoms. The van der Waals surface area contributed by atoms with Gasteiger partial charge in [-0.05, 0) is 36.1 Å². The number of imidazole rings is 1. The number of hydrogen-bond acceptors (Lipinski definition) is 5. The lowest BCUT2D eigenvalue weighted by molar-refractivity contribution is 0.316. The monoisotopic (exact) mass is 343 g/mol. The van der Waals surface area contributed by atoms with Crippen LogP contribution in [-0.2, 0) is 0 Å². The van der Waals surface area contributed by atoms with E-state index in [1.165, 1.54) is 0 Å². The van der Waals surface area contributed by atoms with Crippen molar-refractivity contribution in [3.63, 3.8) is 0 Å². The Hall–Kier alpha value is -2.21. The van der Waals surface area contributed by atoms with Gasteiger partial charge in [-0.25, -0.2) is 4.98 Å². The van der Waals surface area contributed by atoms with Crippen LogP contribution >= 0.6 is 11.8 Å². The van der Waals surface area contributed by atoms with E-state index in [4.69, 9.17) is 9.47 Å². The predicted octanol–water partition coefficient (Wildman–Crippen LogP) is 4.16. The highest BCUT2D eigenvalue weighted by Crippen LogP contribution is 2.32. The van der Waals surface area contributed by atoms with Crippen LogP contribution in [0.4, 0.5) is 0 Å². The summed E-state index contributed by atoms with van der Waals surface area (Å²) >= 11 is 1.93. The van der Waals surface area contributed by atoms with Gasteiger partial charge in [-0.1, -0.05) is 6.92 Å². The van der Waals surface area contributed by atoms with Crippen LogP contribution in [0.2, 0.25) is 0 Å². The summed E-state index contributed by atoms with van der Waals surface area (Å²) in [5, 5.41) is 0. The first-order valence-corrected chi connectivity index (χ1v) is 9.16. The zero-order chi connectivity index (χ0) is 16.8. The number of thioether (sulfide) groups is 1. The third kappa shape index (κ3) is 3.82. The van der Waals surface area contributed by atoms with Crippen LogP contribution < -0.4 is 9.47 Å². The van der Waals surface area contributed by atoms with E-state index in [0.717, 1.165) is 51.8 Å². The highest BCUT2D eigenvalue weighted by atomic mass is 32.2. The molecule has 0 saturated heterocycles. The van der Waals surface area contributed by atoms with Gasteiger partial charge in [0.25, 0.3) is 0 Å². The Morgan fingerprint density at radius 3 is 2.96 bits per heavy atom. The maximum absolute atomic E-state index is 5.81. The molecule has 5 nitrogen and oxygen atoms in total. The standard InChI is InChI=1S/C18H21N3O2S/c1-3-24-10-4-9-23-13-5-6-14(17(11-13)22-2)18-20-15-7-8-19-12-16(15)21-18/h5-8,11-12H,3-4,9-10H2,1-2H3,(H,20,21). The van der Waals surface area contributed by atoms with Crippen molar-refractivity contribution < 1.29 is 9.47 Å². The number of fused-ring (bicyclic) bond motifs is 1. The van der Waals surface area contributed by atoms with Gasteiger partial charge in [-0.15, -0.1) is 0 Å². The van der Waals surface area contributed by atoms with Crippen molar-refractivity contribution in [2.75, 3.05) is 25.2 Å². The topological polar surface area (TPSA) is 60.0 Å². The third-order valence-corrected chi connectivity index (χ3v) is 4.60. The van der Waals surface area contributed by atoms with Crippen molar-refractivity contribution in [3.05, 3.63) is 36.7 Å². The van der Waals surface area contributed by atoms with E-state index in [2.05, 4.69) is 21.9 Å². The van der Waals surface area contributed by atoms with Gasteiger partial charge in [0, 0.05) is 12.3 Å². The third-order valence-electron chi connectivity index (χ3n) is 3.62. The van der Waals surface area contributed by atoms with Crippen molar-refractivity contribution in [3.8, 4) is 22.9 Å². The van der Waals surface area contributed by atoms with Crippen molar-refractivity contribution in [2.45, 2.75) is 13.3 Å². The molecule has 0 aliphatic heterocycles. The van der Waals surface area contributed by atoms with Crippen molar-refractivity contribution in [1.29, 1.82) is 0 Å². The minimum Gasteiger partial charge on any atom is -0.496 e. The highest BCUT2D eigenvalue weighted by Gasteiger charge is 2.12. The van der Waals surface area contributed by atoms with E-state index < -0.39 is 0 Å². The Bertz CT molecular complexity index is 771. The second kappa shape index (κ2) is 8.06. The van der Waals surface area contributed by atoms with Gasteiger partial charge in [0.15, 0.2) is 0 Å². The number of hydrogen-bond donors (Lipinski definition) is 1. The van der Waals surface area contributed by atoms with Crippen LogP contribution in [0.5, 0.6) is 11.5 Å². The SMILES string of the molecule is CCSCCCOc1ccc(-c2nc3cnccc3[nH]2)c(OC)c1. The van der Waals surface area contributed by atoms with Crippen LogP contribution in [0.3, 0.4) is 0 Å². The van der Waals surface area contributed by atoms with E-state index in [0.29, 0.717) is 6.61 Å². The van der Waals surface area contributed by atoms with E-state index in [1.54, 1.807) is 19.5 Å². The summed E-state index contributed by atoms with van der Waals surface area (Å²) in [6, 6.07) is 7.74. The van der Waals surface area contributed by atoms with Crippen LogP contribution in [-0.4, -0.2) is 40.2 Å². The van der Waals surface area contributed by atoms with Gasteiger partial charge in [0.05, 0.1) is 31.0 Å². The fourth-order valence-electron chi connectivity index (χ4n) is 2.44. The highest BCUT2D eigenvalue weighted by molar-refractivity contribution is 7.99. The summed E-state index contributed by atoms with van der Waals surface area (Å²) in [6.45, 7) is 2.88. The predicted molar refractivity (Wildman–Crippen MR) is 99.0 cm³/mol. The summed E-state index contributed by atoms with van der Waals surface area (Å²) in [5.74, 6) is 4.59. The second-order valence-corrected chi connectivity index (χ2v) is 6.63. The van der Waals surface area contributed by atoms with Crippen LogP contribution in [0.1, 0.15) is 13.3 Å². The molecule has 0 spiro atoms. The first-order valence-electron chi connectivity index (χ1n) is 8.00. The molecule has 3 aromatic rings. The van der Waals surface area contributed by atoms with Crippen molar-refractivity contribution in [2.24, 2.45) is 0 Å².